The van der Waals surface area contributed by atoms with Crippen molar-refractivity contribution in [3.63, 3.8) is 0 Å². The van der Waals surface area contributed by atoms with Crippen LogP contribution >= 0.6 is 0 Å². The standard InChI is InChI=1S/C32H35N5O3/c1-36(2)21-20-34-30-29(28(38)22-25-16-10-11-19-33-25)35-37-27(24-14-8-5-9-15-24)18-17-26(23-12-6-4-7-13-23)32(30,37)31(39)40-3/h4-19,26-27,30,34H,20-22H2,1-3H3. The molecule has 2 aliphatic rings. The van der Waals surface area contributed by atoms with E-state index in [1.807, 2.05) is 98.0 Å². The molecule has 0 radical (unpaired) electrons. The Morgan fingerprint density at radius 3 is 2.25 bits per heavy atom. The van der Waals surface area contributed by atoms with Gasteiger partial charge in [0.2, 0.25) is 0 Å². The monoisotopic (exact) mass is 537 g/mol. The average molecular weight is 538 g/mol. The Morgan fingerprint density at radius 2 is 1.62 bits per heavy atom. The molecule has 4 atom stereocenters. The molecule has 2 aliphatic heterocycles. The van der Waals surface area contributed by atoms with Crippen LogP contribution in [0.25, 0.3) is 0 Å². The van der Waals surface area contributed by atoms with E-state index in [9.17, 15) is 9.59 Å². The summed E-state index contributed by atoms with van der Waals surface area (Å²) in [6.07, 6.45) is 5.89. The number of carbonyl (C=O) groups is 2. The molecule has 1 N–H and O–H groups in total. The van der Waals surface area contributed by atoms with Crippen molar-refractivity contribution in [2.45, 2.75) is 30.0 Å². The van der Waals surface area contributed by atoms with Crippen molar-refractivity contribution in [2.24, 2.45) is 5.10 Å². The number of hydrogen-bond donors (Lipinski definition) is 1. The van der Waals surface area contributed by atoms with Crippen LogP contribution in [0.4, 0.5) is 0 Å². The van der Waals surface area contributed by atoms with Crippen LogP contribution in [0.5, 0.6) is 0 Å². The number of likely N-dealkylation sites (N-methyl/N-ethyl adjacent to an activating group) is 1. The summed E-state index contributed by atoms with van der Waals surface area (Å²) in [5.74, 6) is -1.06. The fraction of sp³-hybridized carbons (Fsp3) is 0.312. The zero-order chi connectivity index (χ0) is 28.1. The van der Waals surface area contributed by atoms with Crippen LogP contribution in [-0.4, -0.2) is 78.2 Å². The summed E-state index contributed by atoms with van der Waals surface area (Å²) in [4.78, 5) is 34.6. The highest BCUT2D eigenvalue weighted by atomic mass is 16.5. The van der Waals surface area contributed by atoms with Gasteiger partial charge in [0.25, 0.3) is 0 Å². The summed E-state index contributed by atoms with van der Waals surface area (Å²) in [5, 5.41) is 10.4. The predicted molar refractivity (Wildman–Crippen MR) is 155 cm³/mol. The predicted octanol–water partition coefficient (Wildman–Crippen LogP) is 3.39. The van der Waals surface area contributed by atoms with Gasteiger partial charge in [-0.15, -0.1) is 0 Å². The number of aromatic nitrogens is 1. The second kappa shape index (κ2) is 11.9. The normalized spacial score (nSPS) is 23.6. The fourth-order valence-corrected chi connectivity index (χ4v) is 5.75. The van der Waals surface area contributed by atoms with E-state index in [-0.39, 0.29) is 18.2 Å². The number of carbonyl (C=O) groups excluding carboxylic acids is 2. The maximum atomic E-state index is 14.2. The molecule has 3 aromatic rings. The van der Waals surface area contributed by atoms with Gasteiger partial charge in [-0.3, -0.25) is 14.8 Å². The number of Topliss-reactive ketones (excluding diaryl/α,β-unsaturated/α-hetero) is 1. The average Bonchev–Trinajstić information content (AvgIpc) is 3.33. The van der Waals surface area contributed by atoms with Crippen LogP contribution in [0.2, 0.25) is 0 Å². The number of methoxy groups -OCH3 is 1. The number of rotatable bonds is 10. The number of ether oxygens (including phenoxy) is 1. The Morgan fingerprint density at radius 1 is 0.950 bits per heavy atom. The van der Waals surface area contributed by atoms with E-state index in [0.717, 1.165) is 11.1 Å². The molecule has 4 unspecified atom stereocenters. The lowest BCUT2D eigenvalue weighted by Gasteiger charge is -2.49. The molecule has 5 rings (SSSR count). The molecule has 0 fully saturated rings. The van der Waals surface area contributed by atoms with E-state index in [1.165, 1.54) is 7.11 Å². The Kier molecular flexibility index (Phi) is 8.19. The van der Waals surface area contributed by atoms with Crippen LogP contribution in [0.3, 0.4) is 0 Å². The zero-order valence-electron chi connectivity index (χ0n) is 23.1. The lowest BCUT2D eigenvalue weighted by atomic mass is 9.69. The van der Waals surface area contributed by atoms with Gasteiger partial charge in [0, 0.05) is 30.9 Å². The molecular formula is C32H35N5O3. The molecule has 0 saturated heterocycles. The second-order valence-electron chi connectivity index (χ2n) is 10.4. The Hall–Kier alpha value is -4.14. The van der Waals surface area contributed by atoms with E-state index in [2.05, 4.69) is 27.4 Å². The number of hydrazone groups is 1. The van der Waals surface area contributed by atoms with Gasteiger partial charge in [0.15, 0.2) is 11.3 Å². The lowest BCUT2D eigenvalue weighted by Crippen LogP contribution is -2.68. The summed E-state index contributed by atoms with van der Waals surface area (Å²) in [6, 6.07) is 24.2. The fourth-order valence-electron chi connectivity index (χ4n) is 5.75. The molecule has 8 heteroatoms. The van der Waals surface area contributed by atoms with Crippen molar-refractivity contribution in [2.75, 3.05) is 34.3 Å². The van der Waals surface area contributed by atoms with Crippen molar-refractivity contribution in [1.82, 2.24) is 20.2 Å². The highest BCUT2D eigenvalue weighted by Gasteiger charge is 2.65. The molecule has 0 spiro atoms. The first-order valence-electron chi connectivity index (χ1n) is 13.5. The minimum Gasteiger partial charge on any atom is -0.467 e. The highest BCUT2D eigenvalue weighted by molar-refractivity contribution is 6.43. The van der Waals surface area contributed by atoms with Gasteiger partial charge in [0.05, 0.1) is 25.6 Å². The zero-order valence-corrected chi connectivity index (χ0v) is 23.1. The maximum Gasteiger partial charge on any atom is 0.336 e. The number of ketones is 1. The number of pyridine rings is 1. The molecule has 8 nitrogen and oxygen atoms in total. The van der Waals surface area contributed by atoms with Gasteiger partial charge in [-0.1, -0.05) is 78.9 Å². The molecule has 0 saturated carbocycles. The Labute approximate surface area is 235 Å². The molecule has 0 bridgehead atoms. The molecule has 1 aromatic heterocycles. The number of esters is 1. The summed E-state index contributed by atoms with van der Waals surface area (Å²) in [6.45, 7) is 1.25. The first-order valence-corrected chi connectivity index (χ1v) is 13.5. The molecule has 206 valence electrons. The number of nitrogens with zero attached hydrogens (tertiary/aromatic N) is 4. The lowest BCUT2D eigenvalue weighted by molar-refractivity contribution is -0.158. The molecule has 0 amide bonds. The topological polar surface area (TPSA) is 87.1 Å². The number of benzene rings is 2. The number of hydrogen-bond acceptors (Lipinski definition) is 8. The molecule has 40 heavy (non-hydrogen) atoms. The first kappa shape index (κ1) is 27.4. The third-order valence-corrected chi connectivity index (χ3v) is 7.60. The van der Waals surface area contributed by atoms with Gasteiger partial charge < -0.3 is 15.0 Å². The largest absolute Gasteiger partial charge is 0.467 e. The van der Waals surface area contributed by atoms with Crippen LogP contribution in [0.15, 0.2) is 102 Å². The van der Waals surface area contributed by atoms with Gasteiger partial charge in [-0.25, -0.2) is 4.79 Å². The van der Waals surface area contributed by atoms with Crippen molar-refractivity contribution in [1.29, 1.82) is 0 Å². The van der Waals surface area contributed by atoms with Crippen LogP contribution in [0, 0.1) is 0 Å². The van der Waals surface area contributed by atoms with E-state index >= 15 is 0 Å². The van der Waals surface area contributed by atoms with Crippen molar-refractivity contribution in [3.05, 3.63) is 114 Å². The summed E-state index contributed by atoms with van der Waals surface area (Å²) in [7, 11) is 5.38. The van der Waals surface area contributed by atoms with E-state index in [1.54, 1.807) is 6.20 Å². The van der Waals surface area contributed by atoms with Crippen LogP contribution in [0.1, 0.15) is 28.8 Å². The molecule has 2 aromatic carbocycles. The van der Waals surface area contributed by atoms with Gasteiger partial charge >= 0.3 is 5.97 Å². The Bertz CT molecular complexity index is 1380. The summed E-state index contributed by atoms with van der Waals surface area (Å²) >= 11 is 0. The Balaban J connectivity index is 1.69. The van der Waals surface area contributed by atoms with Gasteiger partial charge in [-0.2, -0.15) is 5.10 Å². The van der Waals surface area contributed by atoms with Crippen molar-refractivity contribution in [3.8, 4) is 0 Å². The third kappa shape index (κ3) is 5.08. The number of nitrogens with one attached hydrogen (secondary N) is 1. The molecule has 3 heterocycles. The minimum atomic E-state index is -1.34. The maximum absolute atomic E-state index is 14.2. The summed E-state index contributed by atoms with van der Waals surface area (Å²) < 4.78 is 5.57. The first-order chi connectivity index (χ1) is 19.5. The van der Waals surface area contributed by atoms with E-state index in [4.69, 9.17) is 9.84 Å². The van der Waals surface area contributed by atoms with Gasteiger partial charge in [-0.05, 0) is 37.4 Å². The summed E-state index contributed by atoms with van der Waals surface area (Å²) in [5.41, 5.74) is 1.52. The van der Waals surface area contributed by atoms with Crippen LogP contribution < -0.4 is 5.32 Å². The second-order valence-corrected chi connectivity index (χ2v) is 10.4. The minimum absolute atomic E-state index is 0.0794. The number of fused-ring (bicyclic) bond motifs is 1. The SMILES string of the molecule is COC(=O)C12C(NCCN(C)C)C(C(=O)Cc3ccccn3)=NN1C(c1ccccc1)C=CC2c1ccccc1. The molecular weight excluding hydrogens is 502 g/mol. The van der Waals surface area contributed by atoms with E-state index < -0.39 is 23.5 Å². The molecule has 0 aliphatic carbocycles. The van der Waals surface area contributed by atoms with Crippen LogP contribution in [-0.2, 0) is 20.7 Å². The van der Waals surface area contributed by atoms with Crippen molar-refractivity contribution < 1.29 is 14.3 Å². The third-order valence-electron chi connectivity index (χ3n) is 7.60. The highest BCUT2D eigenvalue weighted by Crippen LogP contribution is 2.50. The van der Waals surface area contributed by atoms with Crippen molar-refractivity contribution >= 4 is 17.5 Å². The quantitative estimate of drug-likeness (QED) is 0.313. The van der Waals surface area contributed by atoms with E-state index in [0.29, 0.717) is 24.5 Å². The van der Waals surface area contributed by atoms with Gasteiger partial charge in [0.1, 0.15) is 5.71 Å². The smallest absolute Gasteiger partial charge is 0.336 e.